The minimum atomic E-state index is 0.614. The molecule has 0 amide bonds. The van der Waals surface area contributed by atoms with Gasteiger partial charge in [-0.3, -0.25) is 0 Å². The van der Waals surface area contributed by atoms with Crippen LogP contribution in [-0.4, -0.2) is 24.1 Å². The van der Waals surface area contributed by atoms with Crippen molar-refractivity contribution in [2.75, 3.05) is 0 Å². The number of aromatic nitrogens is 5. The van der Waals surface area contributed by atoms with E-state index in [4.69, 9.17) is 15.0 Å². The molecule has 0 fully saturated rings. The maximum Gasteiger partial charge on any atom is 0.164 e. The van der Waals surface area contributed by atoms with Gasteiger partial charge in [0.15, 0.2) is 17.5 Å². The van der Waals surface area contributed by atoms with Crippen LogP contribution in [0, 0.1) is 0 Å². The fourth-order valence-electron chi connectivity index (χ4n) is 9.56. The lowest BCUT2D eigenvalue weighted by molar-refractivity contribution is 1.07. The standard InChI is InChI=1S/C57H35N5S/c1-3-16-36(17-4-1)40-32-30-38(56-58-55(37-18-5-2-6-19-37)59-57(60-56)39-31-33-44-43-22-10-14-29-52(43)63-53(44)35-39)34-51(40)62-48-26-13-9-23-45(48)54-49(27-15-28-50(54)62)61-46-24-11-7-20-41(46)42-21-8-12-25-47(42)61/h1-35H. The molecular weight excluding hydrogens is 787 g/mol. The van der Waals surface area contributed by atoms with E-state index in [1.807, 2.05) is 18.2 Å². The average molecular weight is 822 g/mol. The van der Waals surface area contributed by atoms with Crippen LogP contribution in [0.4, 0.5) is 0 Å². The normalized spacial score (nSPS) is 11.8. The fraction of sp³-hybridized carbons (Fsp3) is 0. The van der Waals surface area contributed by atoms with Gasteiger partial charge in [-0.15, -0.1) is 11.3 Å². The molecule has 0 spiro atoms. The molecule has 0 saturated carbocycles. The Morgan fingerprint density at radius 2 is 0.794 bits per heavy atom. The Balaban J connectivity index is 1.07. The highest BCUT2D eigenvalue weighted by Gasteiger charge is 2.22. The first-order chi connectivity index (χ1) is 31.2. The molecule has 63 heavy (non-hydrogen) atoms. The van der Waals surface area contributed by atoms with E-state index in [-0.39, 0.29) is 0 Å². The molecular formula is C57H35N5S. The van der Waals surface area contributed by atoms with Gasteiger partial charge in [0.1, 0.15) is 0 Å². The summed E-state index contributed by atoms with van der Waals surface area (Å²) < 4.78 is 7.34. The maximum atomic E-state index is 5.29. The quantitative estimate of drug-likeness (QED) is 0.168. The van der Waals surface area contributed by atoms with E-state index in [9.17, 15) is 0 Å². The van der Waals surface area contributed by atoms with Crippen molar-refractivity contribution in [3.63, 3.8) is 0 Å². The zero-order valence-electron chi connectivity index (χ0n) is 33.9. The number of hydrogen-bond donors (Lipinski definition) is 0. The molecule has 0 radical (unpaired) electrons. The highest BCUT2D eigenvalue weighted by molar-refractivity contribution is 7.25. The summed E-state index contributed by atoms with van der Waals surface area (Å²) in [5, 5.41) is 7.36. The molecule has 0 N–H and O–H groups in total. The van der Waals surface area contributed by atoms with Gasteiger partial charge in [-0.25, -0.2) is 15.0 Å². The summed E-state index contributed by atoms with van der Waals surface area (Å²) >= 11 is 1.80. The lowest BCUT2D eigenvalue weighted by Crippen LogP contribution is -2.02. The molecule has 0 bridgehead atoms. The van der Waals surface area contributed by atoms with Crippen LogP contribution >= 0.6 is 11.3 Å². The number of benzene rings is 9. The van der Waals surface area contributed by atoms with E-state index in [0.29, 0.717) is 17.5 Å². The third kappa shape index (κ3) is 5.66. The van der Waals surface area contributed by atoms with E-state index in [0.717, 1.165) is 50.2 Å². The highest BCUT2D eigenvalue weighted by atomic mass is 32.1. The number of fused-ring (bicyclic) bond motifs is 9. The molecule has 4 aromatic heterocycles. The zero-order valence-corrected chi connectivity index (χ0v) is 34.7. The van der Waals surface area contributed by atoms with E-state index in [1.165, 1.54) is 52.8 Å². The third-order valence-corrected chi connectivity index (χ3v) is 13.5. The van der Waals surface area contributed by atoms with E-state index >= 15 is 0 Å². The lowest BCUT2D eigenvalue weighted by atomic mass is 10.0. The van der Waals surface area contributed by atoms with Crippen LogP contribution in [-0.2, 0) is 0 Å². The zero-order chi connectivity index (χ0) is 41.4. The minimum absolute atomic E-state index is 0.614. The van der Waals surface area contributed by atoms with Gasteiger partial charge in [0.25, 0.3) is 0 Å². The second-order valence-corrected chi connectivity index (χ2v) is 17.1. The van der Waals surface area contributed by atoms with Crippen molar-refractivity contribution < 1.29 is 0 Å². The summed E-state index contributed by atoms with van der Waals surface area (Å²) in [7, 11) is 0. The monoisotopic (exact) mass is 821 g/mol. The summed E-state index contributed by atoms with van der Waals surface area (Å²) in [6, 6.07) is 75.7. The van der Waals surface area contributed by atoms with Crippen LogP contribution in [0.25, 0.3) is 120 Å². The van der Waals surface area contributed by atoms with Crippen LogP contribution in [0.2, 0.25) is 0 Å². The third-order valence-electron chi connectivity index (χ3n) is 12.4. The number of hydrogen-bond acceptors (Lipinski definition) is 4. The Labute approximate surface area is 366 Å². The van der Waals surface area contributed by atoms with Crippen molar-refractivity contribution >= 4 is 75.1 Å². The Hall–Kier alpha value is -8.19. The summed E-state index contributed by atoms with van der Waals surface area (Å²) in [5.41, 5.74) is 11.8. The number of thiophene rings is 1. The minimum Gasteiger partial charge on any atom is -0.309 e. The van der Waals surface area contributed by atoms with Gasteiger partial charge in [-0.1, -0.05) is 164 Å². The lowest BCUT2D eigenvalue weighted by Gasteiger charge is -2.17. The van der Waals surface area contributed by atoms with Gasteiger partial charge in [0, 0.05) is 64.0 Å². The topological polar surface area (TPSA) is 48.5 Å². The molecule has 0 aliphatic heterocycles. The maximum absolute atomic E-state index is 5.29. The van der Waals surface area contributed by atoms with Crippen molar-refractivity contribution in [2.45, 2.75) is 0 Å². The molecule has 5 nitrogen and oxygen atoms in total. The first kappa shape index (κ1) is 35.6. The molecule has 6 heteroatoms. The molecule has 13 rings (SSSR count). The average Bonchev–Trinajstić information content (AvgIpc) is 4.02. The Bertz CT molecular complexity index is 3860. The van der Waals surface area contributed by atoms with Gasteiger partial charge < -0.3 is 9.13 Å². The highest BCUT2D eigenvalue weighted by Crippen LogP contribution is 2.43. The first-order valence-corrected chi connectivity index (χ1v) is 22.0. The largest absolute Gasteiger partial charge is 0.309 e. The summed E-state index contributed by atoms with van der Waals surface area (Å²) in [6.45, 7) is 0. The molecule has 0 aliphatic rings. The van der Waals surface area contributed by atoms with Gasteiger partial charge in [0.2, 0.25) is 0 Å². The van der Waals surface area contributed by atoms with Gasteiger partial charge in [-0.05, 0) is 54.1 Å². The summed E-state index contributed by atoms with van der Waals surface area (Å²) in [5.74, 6) is 1.89. The van der Waals surface area contributed by atoms with Gasteiger partial charge in [-0.2, -0.15) is 0 Å². The van der Waals surface area contributed by atoms with Crippen molar-refractivity contribution in [3.05, 3.63) is 212 Å². The first-order valence-electron chi connectivity index (χ1n) is 21.2. The van der Waals surface area contributed by atoms with Crippen molar-refractivity contribution in [2.24, 2.45) is 0 Å². The molecule has 294 valence electrons. The Kier molecular flexibility index (Phi) is 8.01. The van der Waals surface area contributed by atoms with Gasteiger partial charge in [0.05, 0.1) is 33.4 Å². The smallest absolute Gasteiger partial charge is 0.164 e. The molecule has 0 unspecified atom stereocenters. The summed E-state index contributed by atoms with van der Waals surface area (Å²) in [4.78, 5) is 15.6. The van der Waals surface area contributed by atoms with Crippen LogP contribution in [0.5, 0.6) is 0 Å². The molecule has 13 aromatic rings. The number of para-hydroxylation sites is 3. The van der Waals surface area contributed by atoms with Crippen LogP contribution in [0.15, 0.2) is 212 Å². The van der Waals surface area contributed by atoms with E-state index in [2.05, 4.69) is 203 Å². The van der Waals surface area contributed by atoms with Crippen LogP contribution in [0.3, 0.4) is 0 Å². The van der Waals surface area contributed by atoms with E-state index < -0.39 is 0 Å². The van der Waals surface area contributed by atoms with Crippen molar-refractivity contribution in [1.29, 1.82) is 0 Å². The Morgan fingerprint density at radius 3 is 1.49 bits per heavy atom. The fourth-order valence-corrected chi connectivity index (χ4v) is 10.7. The Morgan fingerprint density at radius 1 is 0.302 bits per heavy atom. The predicted molar refractivity (Wildman–Crippen MR) is 263 cm³/mol. The molecule has 0 atom stereocenters. The molecule has 4 heterocycles. The van der Waals surface area contributed by atoms with Crippen LogP contribution < -0.4 is 0 Å². The van der Waals surface area contributed by atoms with Crippen molar-refractivity contribution in [3.8, 4) is 56.7 Å². The summed E-state index contributed by atoms with van der Waals surface area (Å²) in [6.07, 6.45) is 0. The second-order valence-electron chi connectivity index (χ2n) is 16.0. The second kappa shape index (κ2) is 14.2. The number of nitrogens with zero attached hydrogens (tertiary/aromatic N) is 5. The predicted octanol–water partition coefficient (Wildman–Crippen LogP) is 15.1. The molecule has 0 saturated heterocycles. The molecule has 9 aromatic carbocycles. The van der Waals surface area contributed by atoms with E-state index in [1.54, 1.807) is 11.3 Å². The molecule has 0 aliphatic carbocycles. The number of rotatable bonds is 6. The van der Waals surface area contributed by atoms with Crippen molar-refractivity contribution in [1.82, 2.24) is 24.1 Å². The van der Waals surface area contributed by atoms with Gasteiger partial charge >= 0.3 is 0 Å². The van der Waals surface area contributed by atoms with Crippen LogP contribution in [0.1, 0.15) is 0 Å². The SMILES string of the molecule is c1ccc(-c2nc(-c3ccc(-c4ccccc4)c(-n4c5ccccc5c5c(-n6c7ccccc7c7ccccc76)cccc54)c3)nc(-c3ccc4c(c3)sc3ccccc34)n2)cc1.